The number of nitroso groups, excluding NO2 is 1. The van der Waals surface area contributed by atoms with Gasteiger partial charge in [-0.15, -0.1) is 10.3 Å². The van der Waals surface area contributed by atoms with Crippen molar-refractivity contribution >= 4 is 0 Å². The predicted molar refractivity (Wildman–Crippen MR) is 18.4 cm³/mol. The van der Waals surface area contributed by atoms with E-state index in [9.17, 15) is 0 Å². The van der Waals surface area contributed by atoms with Gasteiger partial charge in [-0.3, -0.25) is 0 Å². The van der Waals surface area contributed by atoms with E-state index in [1.54, 1.807) is 6.07 Å². The number of nitriles is 1. The lowest BCUT2D eigenvalue weighted by molar-refractivity contribution is 0.804. The molecule has 6 heavy (non-hydrogen) atoms. The number of hydrogen-bond donors (Lipinski definition) is 0. The van der Waals surface area contributed by atoms with Crippen LogP contribution in [-0.4, -0.2) is 6.54 Å². The highest BCUT2D eigenvalue weighted by Gasteiger charge is 1.72. The molecule has 0 spiro atoms. The van der Waals surface area contributed by atoms with Gasteiger partial charge in [0.05, 0.1) is 11.4 Å². The van der Waals surface area contributed by atoms with Crippen LogP contribution in [0.5, 0.6) is 0 Å². The van der Waals surface area contributed by atoms with Gasteiger partial charge in [0.2, 0.25) is 0 Å². The van der Waals surface area contributed by atoms with Crippen molar-refractivity contribution in [3.8, 4) is 6.07 Å². The summed E-state index contributed by atoms with van der Waals surface area (Å²) in [5, 5.41) is 9.73. The zero-order chi connectivity index (χ0) is 4.83. The molecule has 0 aliphatic heterocycles. The predicted octanol–water partition coefficient (Wildman–Crippen LogP) is -0.204. The minimum absolute atomic E-state index is 0.135. The second-order valence-electron chi connectivity index (χ2n) is 0.539. The molecule has 1 radical (unpaired) electrons. The normalized spacial score (nSPS) is 5.83. The van der Waals surface area contributed by atoms with Gasteiger partial charge in [-0.05, 0) is 0 Å². The molecule has 31 valence electrons. The maximum Gasteiger partial charge on any atom is 0.150 e. The van der Waals surface area contributed by atoms with Crippen LogP contribution >= 0.6 is 0 Å². The third-order valence-corrected chi connectivity index (χ3v) is 0.199. The van der Waals surface area contributed by atoms with Crippen molar-refractivity contribution in [1.29, 1.82) is 5.26 Å². The Morgan fingerprint density at radius 1 is 1.83 bits per heavy atom. The highest BCUT2D eigenvalue weighted by atomic mass is 16.3. The first kappa shape index (κ1) is 4.89. The Morgan fingerprint density at radius 3 is 2.67 bits per heavy atom. The number of rotatable bonds is 2. The number of nitrogens with zero attached hydrogens (tertiary/aromatic N) is 3. The Bertz CT molecular complexity index is 73.4. The highest BCUT2D eigenvalue weighted by molar-refractivity contribution is 4.69. The Balaban J connectivity index is 2.72. The fraction of sp³-hybridized carbons (Fsp3) is 0.500. The maximum absolute atomic E-state index is 9.00. The first-order valence-corrected chi connectivity index (χ1v) is 1.28. The molecule has 0 aromatic rings. The van der Waals surface area contributed by atoms with Crippen LogP contribution in [0.4, 0.5) is 0 Å². The first-order chi connectivity index (χ1) is 2.91. The van der Waals surface area contributed by atoms with Gasteiger partial charge >= 0.3 is 0 Å². The molecule has 4 nitrogen and oxygen atoms in total. The summed E-state index contributed by atoms with van der Waals surface area (Å²) >= 11 is 0. The minimum atomic E-state index is -0.135. The van der Waals surface area contributed by atoms with Gasteiger partial charge in [-0.1, -0.05) is 0 Å². The maximum atomic E-state index is 9.00. The standard InChI is InChI=1S/C2H2N3O/c3-1-2-4-5-6/h2H2. The summed E-state index contributed by atoms with van der Waals surface area (Å²) in [5.41, 5.74) is 2.80. The van der Waals surface area contributed by atoms with E-state index in [2.05, 4.69) is 10.7 Å². The molecule has 0 saturated heterocycles. The van der Waals surface area contributed by atoms with Gasteiger partial charge in [0.25, 0.3) is 0 Å². The summed E-state index contributed by atoms with van der Waals surface area (Å²) in [5.74, 6) is 0. The molecular weight excluding hydrogens is 82.0 g/mol. The van der Waals surface area contributed by atoms with Crippen LogP contribution in [0, 0.1) is 16.2 Å². The van der Waals surface area contributed by atoms with Gasteiger partial charge in [-0.2, -0.15) is 5.26 Å². The van der Waals surface area contributed by atoms with Crippen LogP contribution in [0.3, 0.4) is 0 Å². The summed E-state index contributed by atoms with van der Waals surface area (Å²) in [6.07, 6.45) is 0. The van der Waals surface area contributed by atoms with Crippen LogP contribution < -0.4 is 5.43 Å². The molecule has 4 heteroatoms. The van der Waals surface area contributed by atoms with Crippen LogP contribution in [0.25, 0.3) is 0 Å². The zero-order valence-corrected chi connectivity index (χ0v) is 2.96. The van der Waals surface area contributed by atoms with Gasteiger partial charge < -0.3 is 0 Å². The lowest BCUT2D eigenvalue weighted by Crippen LogP contribution is -1.91. The van der Waals surface area contributed by atoms with Crippen molar-refractivity contribution in [3.63, 3.8) is 0 Å². The van der Waals surface area contributed by atoms with E-state index in [-0.39, 0.29) is 6.54 Å². The molecule has 0 saturated carbocycles. The fourth-order valence-electron chi connectivity index (χ4n) is 0.0605. The van der Waals surface area contributed by atoms with E-state index in [0.717, 1.165) is 0 Å². The topological polar surface area (TPSA) is 67.3 Å². The average Bonchev–Trinajstić information content (AvgIpc) is 1.61. The average molecular weight is 84.1 g/mol. The van der Waals surface area contributed by atoms with Crippen molar-refractivity contribution in [2.24, 2.45) is 5.29 Å². The van der Waals surface area contributed by atoms with Crippen LogP contribution in [0.2, 0.25) is 0 Å². The monoisotopic (exact) mass is 84.0 g/mol. The van der Waals surface area contributed by atoms with E-state index < -0.39 is 0 Å². The smallest absolute Gasteiger partial charge is 0.150 e. The van der Waals surface area contributed by atoms with Crippen LogP contribution in [-0.2, 0) is 0 Å². The molecule has 0 fully saturated rings. The molecule has 0 N–H and O–H groups in total. The Kier molecular flexibility index (Phi) is 3.17. The zero-order valence-electron chi connectivity index (χ0n) is 2.96. The molecule has 0 bridgehead atoms. The fourth-order valence-corrected chi connectivity index (χ4v) is 0.0605. The summed E-state index contributed by atoms with van der Waals surface area (Å²) in [6.45, 7) is -0.135. The van der Waals surface area contributed by atoms with Crippen LogP contribution in [0.1, 0.15) is 0 Å². The Hall–Kier alpha value is -1.11. The molecule has 0 unspecified atom stereocenters. The van der Waals surface area contributed by atoms with Crippen molar-refractivity contribution in [3.05, 3.63) is 4.91 Å². The molecule has 0 aliphatic rings. The van der Waals surface area contributed by atoms with Gasteiger partial charge in [0, 0.05) is 0 Å². The van der Waals surface area contributed by atoms with E-state index >= 15 is 0 Å². The SMILES string of the molecule is N#CC[N]N=O. The Labute approximate surface area is 34.7 Å². The van der Waals surface area contributed by atoms with Crippen molar-refractivity contribution in [2.75, 3.05) is 6.54 Å². The largest absolute Gasteiger partial charge is 0.196 e. The molecule has 0 heterocycles. The van der Waals surface area contributed by atoms with Crippen LogP contribution in [0.15, 0.2) is 5.29 Å². The number of hydrogen-bond acceptors (Lipinski definition) is 3. The van der Waals surface area contributed by atoms with Crippen molar-refractivity contribution in [2.45, 2.75) is 0 Å². The molecule has 0 atom stereocenters. The van der Waals surface area contributed by atoms with E-state index in [0.29, 0.717) is 0 Å². The third-order valence-electron chi connectivity index (χ3n) is 0.199. The summed E-state index contributed by atoms with van der Waals surface area (Å²) in [7, 11) is 0. The van der Waals surface area contributed by atoms with E-state index in [1.807, 2.05) is 0 Å². The summed E-state index contributed by atoms with van der Waals surface area (Å²) < 4.78 is 0. The summed E-state index contributed by atoms with van der Waals surface area (Å²) in [6, 6.07) is 1.61. The lowest BCUT2D eigenvalue weighted by atomic mass is 10.8. The van der Waals surface area contributed by atoms with Crippen molar-refractivity contribution in [1.82, 2.24) is 5.43 Å². The lowest BCUT2D eigenvalue weighted by Gasteiger charge is -1.68. The first-order valence-electron chi connectivity index (χ1n) is 1.28. The third kappa shape index (κ3) is 2.89. The quantitative estimate of drug-likeness (QED) is 0.201. The summed E-state index contributed by atoms with van der Waals surface area (Å²) in [4.78, 5) is 9.00. The highest BCUT2D eigenvalue weighted by Crippen LogP contribution is 1.53. The van der Waals surface area contributed by atoms with Gasteiger partial charge in [-0.25, -0.2) is 0 Å². The molecule has 0 aromatic heterocycles. The van der Waals surface area contributed by atoms with E-state index in [1.165, 1.54) is 0 Å². The van der Waals surface area contributed by atoms with Gasteiger partial charge in [0.1, 0.15) is 0 Å². The Morgan fingerprint density at radius 2 is 2.50 bits per heavy atom. The second kappa shape index (κ2) is 3.89. The molecule has 0 aromatic carbocycles. The van der Waals surface area contributed by atoms with Gasteiger partial charge in [0.15, 0.2) is 6.54 Å². The van der Waals surface area contributed by atoms with Crippen molar-refractivity contribution < 1.29 is 0 Å². The minimum Gasteiger partial charge on any atom is -0.196 e. The molecule has 0 aliphatic carbocycles. The van der Waals surface area contributed by atoms with E-state index in [4.69, 9.17) is 10.2 Å². The molecule has 0 rings (SSSR count). The second-order valence-corrected chi connectivity index (χ2v) is 0.539. The molecular formula is C2H2N3O. The molecule has 0 amide bonds.